The number of nitriles is 1. The van der Waals surface area contributed by atoms with E-state index in [0.717, 1.165) is 42.8 Å². The van der Waals surface area contributed by atoms with Gasteiger partial charge in [-0.2, -0.15) is 5.26 Å². The van der Waals surface area contributed by atoms with Crippen molar-refractivity contribution >= 4 is 22.5 Å². The highest BCUT2D eigenvalue weighted by atomic mass is 35.5. The van der Waals surface area contributed by atoms with Crippen molar-refractivity contribution in [3.05, 3.63) is 35.0 Å². The van der Waals surface area contributed by atoms with Crippen LogP contribution in [0.25, 0.3) is 10.9 Å². The molecule has 3 nitrogen and oxygen atoms in total. The van der Waals surface area contributed by atoms with Gasteiger partial charge in [-0.15, -0.1) is 0 Å². The molecule has 2 aromatic rings. The third-order valence-electron chi connectivity index (χ3n) is 3.87. The number of benzene rings is 1. The van der Waals surface area contributed by atoms with E-state index >= 15 is 0 Å². The normalized spacial score (nSPS) is 12.5. The Labute approximate surface area is 131 Å². The van der Waals surface area contributed by atoms with Crippen molar-refractivity contribution in [3.8, 4) is 6.07 Å². The molecule has 0 aliphatic rings. The minimum absolute atomic E-state index is 0.193. The zero-order chi connectivity index (χ0) is 15.2. The van der Waals surface area contributed by atoms with Gasteiger partial charge in [0.05, 0.1) is 6.07 Å². The highest BCUT2D eigenvalue weighted by molar-refractivity contribution is 6.31. The Kier molecular flexibility index (Phi) is 5.67. The van der Waals surface area contributed by atoms with Crippen molar-refractivity contribution in [2.75, 3.05) is 0 Å². The third-order valence-corrected chi connectivity index (χ3v) is 4.11. The Balaban J connectivity index is 2.26. The van der Waals surface area contributed by atoms with Crippen LogP contribution in [0, 0.1) is 11.3 Å². The van der Waals surface area contributed by atoms with Gasteiger partial charge < -0.3 is 10.3 Å². The Morgan fingerprint density at radius 1 is 1.38 bits per heavy atom. The van der Waals surface area contributed by atoms with Crippen LogP contribution in [0.4, 0.5) is 0 Å². The number of aromatic nitrogens is 1. The maximum absolute atomic E-state index is 8.61. The number of fused-ring (bicyclic) bond motifs is 1. The van der Waals surface area contributed by atoms with Gasteiger partial charge in [0, 0.05) is 41.1 Å². The highest BCUT2D eigenvalue weighted by Crippen LogP contribution is 2.26. The minimum atomic E-state index is 0.193. The predicted molar refractivity (Wildman–Crippen MR) is 88.4 cm³/mol. The van der Waals surface area contributed by atoms with Crippen LogP contribution in [0.5, 0.6) is 0 Å². The van der Waals surface area contributed by atoms with Gasteiger partial charge in [0.2, 0.25) is 0 Å². The van der Waals surface area contributed by atoms with Crippen molar-refractivity contribution in [3.63, 3.8) is 0 Å². The zero-order valence-corrected chi connectivity index (χ0v) is 13.2. The number of aryl methyl sites for hydroxylation is 1. The summed E-state index contributed by atoms with van der Waals surface area (Å²) < 4.78 is 2.25. The largest absolute Gasteiger partial charge is 0.347 e. The number of halogens is 1. The molecule has 0 radical (unpaired) electrons. The molecule has 21 heavy (non-hydrogen) atoms. The van der Waals surface area contributed by atoms with Gasteiger partial charge in [0.25, 0.3) is 0 Å². The van der Waals surface area contributed by atoms with Crippen LogP contribution >= 0.6 is 11.6 Å². The van der Waals surface area contributed by atoms with Crippen LogP contribution in [0.3, 0.4) is 0 Å². The van der Waals surface area contributed by atoms with Gasteiger partial charge in [-0.1, -0.05) is 24.6 Å². The lowest BCUT2D eigenvalue weighted by Crippen LogP contribution is -2.21. The van der Waals surface area contributed by atoms with Gasteiger partial charge in [-0.25, -0.2) is 0 Å². The first-order chi connectivity index (χ1) is 10.2. The first-order valence-electron chi connectivity index (χ1n) is 7.55. The van der Waals surface area contributed by atoms with Gasteiger partial charge in [0.1, 0.15) is 0 Å². The summed E-state index contributed by atoms with van der Waals surface area (Å²) in [6, 6.07) is 8.42. The van der Waals surface area contributed by atoms with E-state index in [1.54, 1.807) is 0 Å². The smallest absolute Gasteiger partial charge is 0.0621 e. The lowest BCUT2D eigenvalue weighted by molar-refractivity contribution is 0.622. The molecule has 0 bridgehead atoms. The summed E-state index contributed by atoms with van der Waals surface area (Å²) in [6.07, 6.45) is 6.61. The number of rotatable bonds is 7. The van der Waals surface area contributed by atoms with Crippen molar-refractivity contribution in [1.29, 1.82) is 5.26 Å². The van der Waals surface area contributed by atoms with Crippen LogP contribution in [-0.4, -0.2) is 10.6 Å². The average Bonchev–Trinajstić information content (AvgIpc) is 2.80. The highest BCUT2D eigenvalue weighted by Gasteiger charge is 2.11. The summed E-state index contributed by atoms with van der Waals surface area (Å²) in [5.41, 5.74) is 8.56. The molecule has 0 fully saturated rings. The van der Waals surface area contributed by atoms with Crippen molar-refractivity contribution in [2.45, 2.75) is 51.6 Å². The maximum atomic E-state index is 8.61. The lowest BCUT2D eigenvalue weighted by Gasteiger charge is -2.06. The quantitative estimate of drug-likeness (QED) is 0.777. The van der Waals surface area contributed by atoms with E-state index in [2.05, 4.69) is 29.8 Å². The standard InChI is InChI=1S/C17H22ClN3/c1-2-15(20)10-13-12-21(9-5-3-4-8-19)17-11-14(18)6-7-16(13)17/h6-7,11-12,15H,2-5,9-10,20H2,1H3. The molecule has 0 saturated heterocycles. The summed E-state index contributed by atoms with van der Waals surface area (Å²) in [5, 5.41) is 10.6. The zero-order valence-electron chi connectivity index (χ0n) is 12.5. The van der Waals surface area contributed by atoms with E-state index in [-0.39, 0.29) is 6.04 Å². The number of nitrogens with zero attached hydrogens (tertiary/aromatic N) is 2. The lowest BCUT2D eigenvalue weighted by atomic mass is 10.0. The van der Waals surface area contributed by atoms with E-state index in [1.165, 1.54) is 10.9 Å². The Hall–Kier alpha value is -1.50. The van der Waals surface area contributed by atoms with Gasteiger partial charge in [-0.3, -0.25) is 0 Å². The Morgan fingerprint density at radius 3 is 2.90 bits per heavy atom. The van der Waals surface area contributed by atoms with Crippen molar-refractivity contribution in [2.24, 2.45) is 5.73 Å². The predicted octanol–water partition coefficient (Wildman–Crippen LogP) is 4.27. The first-order valence-corrected chi connectivity index (χ1v) is 7.93. The molecule has 4 heteroatoms. The average molecular weight is 304 g/mol. The van der Waals surface area contributed by atoms with E-state index in [9.17, 15) is 0 Å². The summed E-state index contributed by atoms with van der Waals surface area (Å²) in [6.45, 7) is 3.03. The Bertz CT molecular complexity index is 639. The van der Waals surface area contributed by atoms with Gasteiger partial charge in [0.15, 0.2) is 0 Å². The molecule has 1 aromatic heterocycles. The van der Waals surface area contributed by atoms with E-state index in [1.807, 2.05) is 12.1 Å². The van der Waals surface area contributed by atoms with Gasteiger partial charge in [-0.05, 0) is 43.4 Å². The molecule has 1 aromatic carbocycles. The molecular formula is C17H22ClN3. The van der Waals surface area contributed by atoms with Crippen molar-refractivity contribution in [1.82, 2.24) is 4.57 Å². The fourth-order valence-corrected chi connectivity index (χ4v) is 2.77. The van der Waals surface area contributed by atoms with Crippen LogP contribution < -0.4 is 5.73 Å². The van der Waals surface area contributed by atoms with Crippen LogP contribution in [-0.2, 0) is 13.0 Å². The second-order valence-electron chi connectivity index (χ2n) is 5.50. The molecular weight excluding hydrogens is 282 g/mol. The molecule has 0 aliphatic carbocycles. The molecule has 0 aliphatic heterocycles. The molecule has 112 valence electrons. The minimum Gasteiger partial charge on any atom is -0.347 e. The van der Waals surface area contributed by atoms with E-state index in [4.69, 9.17) is 22.6 Å². The summed E-state index contributed by atoms with van der Waals surface area (Å²) >= 11 is 6.14. The van der Waals surface area contributed by atoms with E-state index in [0.29, 0.717) is 6.42 Å². The molecule has 2 N–H and O–H groups in total. The first kappa shape index (κ1) is 15.9. The molecule has 1 atom stereocenters. The fourth-order valence-electron chi connectivity index (χ4n) is 2.60. The van der Waals surface area contributed by atoms with Crippen LogP contribution in [0.1, 0.15) is 38.2 Å². The molecule has 0 spiro atoms. The van der Waals surface area contributed by atoms with Gasteiger partial charge >= 0.3 is 0 Å². The maximum Gasteiger partial charge on any atom is 0.0621 e. The summed E-state index contributed by atoms with van der Waals surface area (Å²) in [4.78, 5) is 0. The second kappa shape index (κ2) is 7.49. The molecule has 2 rings (SSSR count). The SMILES string of the molecule is CCC(N)Cc1cn(CCCCC#N)c2cc(Cl)ccc12. The molecule has 1 heterocycles. The van der Waals surface area contributed by atoms with E-state index < -0.39 is 0 Å². The Morgan fingerprint density at radius 2 is 2.19 bits per heavy atom. The third kappa shape index (κ3) is 4.00. The summed E-state index contributed by atoms with van der Waals surface area (Å²) in [5.74, 6) is 0. The molecule has 1 unspecified atom stereocenters. The van der Waals surface area contributed by atoms with Crippen LogP contribution in [0.2, 0.25) is 5.02 Å². The van der Waals surface area contributed by atoms with Crippen LogP contribution in [0.15, 0.2) is 24.4 Å². The topological polar surface area (TPSA) is 54.7 Å². The molecule has 0 saturated carbocycles. The second-order valence-corrected chi connectivity index (χ2v) is 5.93. The number of hydrogen-bond donors (Lipinski definition) is 1. The van der Waals surface area contributed by atoms with Crippen molar-refractivity contribution < 1.29 is 0 Å². The molecule has 0 amide bonds. The monoisotopic (exact) mass is 303 g/mol. The number of nitrogens with two attached hydrogens (primary N) is 1. The summed E-state index contributed by atoms with van der Waals surface area (Å²) in [7, 11) is 0. The number of unbranched alkanes of at least 4 members (excludes halogenated alkanes) is 2. The fraction of sp³-hybridized carbons (Fsp3) is 0.471. The number of hydrogen-bond acceptors (Lipinski definition) is 2.